The molecule has 34 heavy (non-hydrogen) atoms. The van der Waals surface area contributed by atoms with Crippen molar-refractivity contribution in [1.29, 1.82) is 0 Å². The van der Waals surface area contributed by atoms with Gasteiger partial charge in [0.2, 0.25) is 0 Å². The van der Waals surface area contributed by atoms with E-state index < -0.39 is 5.60 Å². The maximum absolute atomic E-state index is 12.3. The van der Waals surface area contributed by atoms with Crippen molar-refractivity contribution in [1.82, 2.24) is 5.12 Å². The highest BCUT2D eigenvalue weighted by Gasteiger charge is 2.25. The van der Waals surface area contributed by atoms with Crippen molar-refractivity contribution in [3.8, 4) is 5.75 Å². The highest BCUT2D eigenvalue weighted by atomic mass is 79.9. The Morgan fingerprint density at radius 1 is 1.12 bits per heavy atom. The van der Waals surface area contributed by atoms with Crippen LogP contribution in [0.3, 0.4) is 0 Å². The van der Waals surface area contributed by atoms with Gasteiger partial charge in [-0.25, -0.2) is 11.0 Å². The van der Waals surface area contributed by atoms with Gasteiger partial charge in [-0.3, -0.25) is 4.79 Å². The number of esters is 1. The number of methoxy groups -OCH3 is 1. The fourth-order valence-corrected chi connectivity index (χ4v) is 3.25. The largest absolute Gasteiger partial charge is 0.497 e. The van der Waals surface area contributed by atoms with Crippen LogP contribution in [0.4, 0.5) is 0 Å². The average molecular weight is 536 g/mol. The zero-order valence-corrected chi connectivity index (χ0v) is 22.8. The van der Waals surface area contributed by atoms with E-state index in [1.54, 1.807) is 7.11 Å². The van der Waals surface area contributed by atoms with Crippen molar-refractivity contribution in [2.45, 2.75) is 66.0 Å². The molecule has 0 aliphatic carbocycles. The number of carbonyl (C=O) groups excluding carboxylic acids is 1. The first-order valence-corrected chi connectivity index (χ1v) is 12.2. The number of hydrogen-bond acceptors (Lipinski definition) is 6. The Bertz CT molecular complexity index is 873. The van der Waals surface area contributed by atoms with Gasteiger partial charge in [0, 0.05) is 10.9 Å². The number of carbonyl (C=O) groups is 1. The molecule has 2 aromatic carbocycles. The molecule has 2 rings (SSSR count). The summed E-state index contributed by atoms with van der Waals surface area (Å²) >= 11 is 3.35. The lowest BCUT2D eigenvalue weighted by Crippen LogP contribution is -2.33. The minimum absolute atomic E-state index is 0.253. The molecule has 188 valence electrons. The molecule has 0 radical (unpaired) electrons. The van der Waals surface area contributed by atoms with Crippen molar-refractivity contribution in [3.05, 3.63) is 64.1 Å². The molecule has 0 saturated carbocycles. The molecule has 1 atom stereocenters. The number of hydrazone groups is 1. The molecule has 0 bridgehead atoms. The molecule has 0 spiro atoms. The number of hydrogen-bond donors (Lipinski definition) is 2. The van der Waals surface area contributed by atoms with Gasteiger partial charge >= 0.3 is 5.97 Å². The van der Waals surface area contributed by atoms with E-state index in [2.05, 4.69) is 40.1 Å². The van der Waals surface area contributed by atoms with Crippen LogP contribution >= 0.6 is 15.9 Å². The van der Waals surface area contributed by atoms with Crippen LogP contribution in [0.15, 0.2) is 58.1 Å². The first-order chi connectivity index (χ1) is 15.9. The molecule has 0 saturated heterocycles. The van der Waals surface area contributed by atoms with E-state index in [0.717, 1.165) is 22.2 Å². The van der Waals surface area contributed by atoms with Crippen LogP contribution in [0.5, 0.6) is 5.75 Å². The minimum Gasteiger partial charge on any atom is -0.497 e. The number of nitrogens with zero attached hydrogens (tertiary/aromatic N) is 2. The monoisotopic (exact) mass is 534 g/mol. The number of nitrogens with two attached hydrogens (primary N) is 2. The first kappa shape index (κ1) is 29.5. The number of rotatable bonds is 9. The molecule has 0 aliphatic heterocycles. The maximum atomic E-state index is 12.3. The number of aryl methyl sites for hydroxylation is 1. The second kappa shape index (κ2) is 14.6. The van der Waals surface area contributed by atoms with Crippen LogP contribution in [0.2, 0.25) is 0 Å². The summed E-state index contributed by atoms with van der Waals surface area (Å²) in [7, 11) is 1.62. The summed E-state index contributed by atoms with van der Waals surface area (Å²) in [4.78, 5) is 12.3. The zero-order chi connectivity index (χ0) is 25.7. The van der Waals surface area contributed by atoms with E-state index >= 15 is 0 Å². The third-order valence-electron chi connectivity index (χ3n) is 4.60. The van der Waals surface area contributed by atoms with Gasteiger partial charge in [-0.2, -0.15) is 0 Å². The maximum Gasteiger partial charge on any atom is 0.309 e. The number of halogens is 1. The Labute approximate surface area is 212 Å². The number of hydrazine groups is 1. The lowest BCUT2D eigenvalue weighted by Gasteiger charge is -2.24. The Morgan fingerprint density at radius 3 is 2.18 bits per heavy atom. The summed E-state index contributed by atoms with van der Waals surface area (Å²) in [6.07, 6.45) is 1.86. The van der Waals surface area contributed by atoms with Crippen LogP contribution in [0, 0.1) is 12.8 Å². The molecular weight excluding hydrogens is 496 g/mol. The summed E-state index contributed by atoms with van der Waals surface area (Å²) in [5, 5.41) is 5.46. The van der Waals surface area contributed by atoms with Crippen molar-refractivity contribution in [2.24, 2.45) is 22.6 Å². The molecule has 8 heteroatoms. The molecule has 0 amide bonds. The molecule has 0 aliphatic rings. The van der Waals surface area contributed by atoms with Crippen molar-refractivity contribution in [2.75, 3.05) is 7.11 Å². The zero-order valence-electron chi connectivity index (χ0n) is 21.2. The Hall–Kier alpha value is -2.58. The van der Waals surface area contributed by atoms with Crippen LogP contribution in [0.25, 0.3) is 0 Å². The molecule has 2 aromatic rings. The highest BCUT2D eigenvalue weighted by Crippen LogP contribution is 2.18. The van der Waals surface area contributed by atoms with Crippen LogP contribution in [-0.2, 0) is 16.1 Å². The smallest absolute Gasteiger partial charge is 0.309 e. The fourth-order valence-electron chi connectivity index (χ4n) is 2.98. The van der Waals surface area contributed by atoms with Crippen LogP contribution in [0.1, 0.15) is 58.1 Å². The van der Waals surface area contributed by atoms with Gasteiger partial charge in [0.1, 0.15) is 17.2 Å². The predicted molar refractivity (Wildman–Crippen MR) is 142 cm³/mol. The fraction of sp³-hybridized carbons (Fsp3) is 0.462. The third-order valence-corrected chi connectivity index (χ3v) is 5.13. The standard InChI is InChI=1S/C19H32N4O3.C7H7Br/c1-6-7-15(18(24)26-19(2,3)4)12-17(20)22-23(21)13-14-8-10-16(25-5)11-9-14;1-6-2-4-7(8)5-3-6/h8-11,15H,6-7,12-13,21H2,1-5H3,(H2,20,22);2-5H,1H3. The molecule has 1 unspecified atom stereocenters. The SMILES string of the molecule is CCCC(C/C(N)=N/N(N)Cc1ccc(OC)cc1)C(=O)OC(C)(C)C.Cc1ccc(Br)cc1. The summed E-state index contributed by atoms with van der Waals surface area (Å²) in [6, 6.07) is 15.8. The molecule has 0 aromatic heterocycles. The summed E-state index contributed by atoms with van der Waals surface area (Å²) < 4.78 is 11.7. The van der Waals surface area contributed by atoms with Gasteiger partial charge in [0.25, 0.3) is 0 Å². The van der Waals surface area contributed by atoms with E-state index in [0.29, 0.717) is 25.2 Å². The van der Waals surface area contributed by atoms with Crippen LogP contribution < -0.4 is 16.3 Å². The Kier molecular flexibility index (Phi) is 12.7. The summed E-state index contributed by atoms with van der Waals surface area (Å²) in [6.45, 7) is 10.0. The van der Waals surface area contributed by atoms with Gasteiger partial charge in [-0.05, 0) is 63.9 Å². The predicted octanol–water partition coefficient (Wildman–Crippen LogP) is 5.55. The van der Waals surface area contributed by atoms with E-state index in [4.69, 9.17) is 21.1 Å². The lowest BCUT2D eigenvalue weighted by molar-refractivity contribution is -0.160. The topological polar surface area (TPSA) is 103 Å². The molecule has 7 nitrogen and oxygen atoms in total. The van der Waals surface area contributed by atoms with Gasteiger partial charge in [0.05, 0.1) is 19.6 Å². The Balaban J connectivity index is 0.000000605. The van der Waals surface area contributed by atoms with E-state index in [1.165, 1.54) is 10.7 Å². The van der Waals surface area contributed by atoms with E-state index in [9.17, 15) is 4.79 Å². The van der Waals surface area contributed by atoms with Crippen LogP contribution in [-0.4, -0.2) is 29.6 Å². The van der Waals surface area contributed by atoms with Gasteiger partial charge in [-0.1, -0.05) is 59.1 Å². The number of amidine groups is 1. The molecule has 0 fully saturated rings. The highest BCUT2D eigenvalue weighted by molar-refractivity contribution is 9.10. The molecule has 4 N–H and O–H groups in total. The minimum atomic E-state index is -0.525. The summed E-state index contributed by atoms with van der Waals surface area (Å²) in [5.41, 5.74) is 7.76. The second-order valence-corrected chi connectivity index (χ2v) is 9.97. The van der Waals surface area contributed by atoms with Gasteiger partial charge in [0.15, 0.2) is 0 Å². The van der Waals surface area contributed by atoms with Crippen molar-refractivity contribution in [3.63, 3.8) is 0 Å². The van der Waals surface area contributed by atoms with E-state index in [1.807, 2.05) is 64.1 Å². The number of ether oxygens (including phenoxy) is 2. The summed E-state index contributed by atoms with van der Waals surface area (Å²) in [5.74, 6) is 6.44. The van der Waals surface area contributed by atoms with E-state index in [-0.39, 0.29) is 11.9 Å². The van der Waals surface area contributed by atoms with Crippen molar-refractivity contribution >= 4 is 27.7 Å². The third kappa shape index (κ3) is 12.6. The second-order valence-electron chi connectivity index (χ2n) is 9.06. The quantitative estimate of drug-likeness (QED) is 0.144. The Morgan fingerprint density at radius 2 is 1.71 bits per heavy atom. The normalized spacial score (nSPS) is 12.3. The van der Waals surface area contributed by atoms with Crippen molar-refractivity contribution < 1.29 is 14.3 Å². The van der Waals surface area contributed by atoms with Gasteiger partial charge in [-0.15, -0.1) is 5.10 Å². The average Bonchev–Trinajstić information content (AvgIpc) is 2.75. The first-order valence-electron chi connectivity index (χ1n) is 11.4. The van der Waals surface area contributed by atoms with Gasteiger partial charge < -0.3 is 15.2 Å². The number of benzene rings is 2. The molecule has 0 heterocycles. The lowest BCUT2D eigenvalue weighted by atomic mass is 9.99. The molecular formula is C26H39BrN4O3.